The average Bonchev–Trinajstić information content (AvgIpc) is 2.97. The van der Waals surface area contributed by atoms with Gasteiger partial charge in [0.2, 0.25) is 0 Å². The van der Waals surface area contributed by atoms with Crippen molar-refractivity contribution in [2.75, 3.05) is 112 Å². The van der Waals surface area contributed by atoms with E-state index in [4.69, 9.17) is 47.5 Å². The van der Waals surface area contributed by atoms with Crippen LogP contribution in [-0.2, 0) is 4.74 Å². The van der Waals surface area contributed by atoms with Gasteiger partial charge >= 0.3 is 0 Å². The lowest BCUT2D eigenvalue weighted by Crippen LogP contribution is -2.35. The lowest BCUT2D eigenvalue weighted by molar-refractivity contribution is 0.109. The Morgan fingerprint density at radius 3 is 1.07 bits per heavy atom. The van der Waals surface area contributed by atoms with Gasteiger partial charge in [-0.2, -0.15) is 0 Å². The SMILES string of the molecule is C1COCCN1.CC(C)(N)CO.CC(C)(N)CO.CCN(CC)CC.CCNCC.NCCO.OCCNCCO. The molecule has 14 N–H and O–H groups in total. The normalized spacial score (nSPS) is 12.1. The molecular weight excluding hydrogens is 530 g/mol. The Morgan fingerprint density at radius 1 is 0.683 bits per heavy atom. The molecule has 41 heavy (non-hydrogen) atoms. The standard InChI is InChI=1S/C6H15N.C4H11NO2.C4H9NO.2C4H11NO.C4H11N.C2H7NO/c1-4-7(5-2)6-3;6-3-1-5-2-4-7;1-3-6-4-2-5-1;2*1-4(2,5)3-6;1-3-5-4-2;3-1-2-4/h4-6H2,1-3H3;5-7H,1-4H2;5H,1-4H2;2*6H,3,5H2,1-2H3;5H,3-4H2,1-2H3;4H,1-3H2. The molecule has 0 aliphatic carbocycles. The van der Waals surface area contributed by atoms with Crippen LogP contribution in [0.1, 0.15) is 62.3 Å². The molecule has 0 spiro atoms. The zero-order chi connectivity index (χ0) is 33.4. The van der Waals surface area contributed by atoms with Gasteiger partial charge < -0.3 is 68.3 Å². The minimum atomic E-state index is -0.403. The summed E-state index contributed by atoms with van der Waals surface area (Å²) >= 11 is 0. The molecule has 0 radical (unpaired) electrons. The monoisotopic (exact) mass is 606 g/mol. The van der Waals surface area contributed by atoms with Gasteiger partial charge in [0.1, 0.15) is 0 Å². The Bertz CT molecular complexity index is 356. The molecule has 1 saturated heterocycles. The zero-order valence-electron chi connectivity index (χ0n) is 28.3. The molecule has 0 aromatic heterocycles. The maximum absolute atomic E-state index is 8.28. The van der Waals surface area contributed by atoms with E-state index >= 15 is 0 Å². The summed E-state index contributed by atoms with van der Waals surface area (Å²) in [4.78, 5) is 2.38. The smallest absolute Gasteiger partial charge is 0.0605 e. The largest absolute Gasteiger partial charge is 0.395 e. The van der Waals surface area contributed by atoms with Crippen LogP contribution < -0.4 is 33.2 Å². The van der Waals surface area contributed by atoms with Crippen molar-refractivity contribution >= 4 is 0 Å². The number of nitrogens with zero attached hydrogens (tertiary/aromatic N) is 1. The minimum Gasteiger partial charge on any atom is -0.395 e. The molecule has 0 aromatic carbocycles. The molecule has 0 aromatic rings. The quantitative estimate of drug-likeness (QED) is 0.114. The van der Waals surface area contributed by atoms with Crippen molar-refractivity contribution in [1.29, 1.82) is 0 Å². The van der Waals surface area contributed by atoms with Crippen molar-refractivity contribution < 1.29 is 30.3 Å². The second-order valence-corrected chi connectivity index (χ2v) is 9.94. The molecule has 0 amide bonds. The highest BCUT2D eigenvalue weighted by molar-refractivity contribution is 4.68. The fourth-order valence-electron chi connectivity index (χ4n) is 1.72. The highest BCUT2D eigenvalue weighted by Gasteiger charge is 2.05. The van der Waals surface area contributed by atoms with Gasteiger partial charge in [-0.15, -0.1) is 0 Å². The number of aliphatic hydroxyl groups excluding tert-OH is 5. The molecule has 0 atom stereocenters. The van der Waals surface area contributed by atoms with E-state index in [1.54, 1.807) is 27.7 Å². The number of nitrogens with two attached hydrogens (primary N) is 3. The van der Waals surface area contributed by atoms with Crippen LogP contribution in [0.3, 0.4) is 0 Å². The van der Waals surface area contributed by atoms with Crippen molar-refractivity contribution in [2.24, 2.45) is 17.2 Å². The number of aliphatic hydroxyl groups is 5. The Balaban J connectivity index is -0.0000000877. The molecule has 1 heterocycles. The summed E-state index contributed by atoms with van der Waals surface area (Å²) in [5, 5.41) is 49.7. The predicted molar refractivity (Wildman–Crippen MR) is 175 cm³/mol. The van der Waals surface area contributed by atoms with Gasteiger partial charge in [-0.3, -0.25) is 0 Å². The van der Waals surface area contributed by atoms with Gasteiger partial charge in [-0.1, -0.05) is 34.6 Å². The fraction of sp³-hybridized carbons (Fsp3) is 1.00. The summed E-state index contributed by atoms with van der Waals surface area (Å²) in [7, 11) is 0. The second kappa shape index (κ2) is 46.4. The van der Waals surface area contributed by atoms with E-state index in [9.17, 15) is 0 Å². The summed E-state index contributed by atoms with van der Waals surface area (Å²) in [6.07, 6.45) is 0. The Kier molecular flexibility index (Phi) is 60.1. The van der Waals surface area contributed by atoms with E-state index in [1.165, 1.54) is 19.6 Å². The molecule has 13 nitrogen and oxygen atoms in total. The summed E-state index contributed by atoms with van der Waals surface area (Å²) in [6, 6.07) is 0. The van der Waals surface area contributed by atoms with Crippen molar-refractivity contribution in [3.05, 3.63) is 0 Å². The Labute approximate surface area is 253 Å². The van der Waals surface area contributed by atoms with Crippen LogP contribution in [0, 0.1) is 0 Å². The third kappa shape index (κ3) is 92.5. The topological polar surface area (TPSA) is 228 Å². The van der Waals surface area contributed by atoms with Crippen LogP contribution in [0.25, 0.3) is 0 Å². The molecular formula is C28H75N7O6. The third-order valence-corrected chi connectivity index (χ3v) is 4.21. The van der Waals surface area contributed by atoms with Crippen molar-refractivity contribution in [2.45, 2.75) is 73.4 Å². The summed E-state index contributed by atoms with van der Waals surface area (Å²) in [5.41, 5.74) is 14.5. The number of morpholine rings is 1. The van der Waals surface area contributed by atoms with Gasteiger partial charge in [0, 0.05) is 43.8 Å². The number of rotatable bonds is 12. The lowest BCUT2D eigenvalue weighted by atomic mass is 10.1. The van der Waals surface area contributed by atoms with Gasteiger partial charge in [-0.25, -0.2) is 0 Å². The van der Waals surface area contributed by atoms with E-state index in [1.807, 2.05) is 0 Å². The van der Waals surface area contributed by atoms with Gasteiger partial charge in [0.15, 0.2) is 0 Å². The minimum absolute atomic E-state index is 0.0486. The van der Waals surface area contributed by atoms with Crippen LogP contribution in [0.15, 0.2) is 0 Å². The first-order valence-corrected chi connectivity index (χ1v) is 15.0. The molecule has 1 aliphatic rings. The first-order valence-electron chi connectivity index (χ1n) is 15.0. The molecule has 13 heteroatoms. The van der Waals surface area contributed by atoms with Gasteiger partial charge in [0.25, 0.3) is 0 Å². The number of ether oxygens (including phenoxy) is 1. The maximum Gasteiger partial charge on any atom is 0.0605 e. The molecule has 0 unspecified atom stereocenters. The van der Waals surface area contributed by atoms with Crippen LogP contribution in [0.2, 0.25) is 0 Å². The maximum atomic E-state index is 8.28. The third-order valence-electron chi connectivity index (χ3n) is 4.21. The van der Waals surface area contributed by atoms with Crippen molar-refractivity contribution in [3.63, 3.8) is 0 Å². The number of nitrogens with one attached hydrogen (secondary N) is 3. The van der Waals surface area contributed by atoms with Crippen molar-refractivity contribution in [3.8, 4) is 0 Å². The highest BCUT2D eigenvalue weighted by Crippen LogP contribution is 1.90. The molecule has 1 fully saturated rings. The summed E-state index contributed by atoms with van der Waals surface area (Å²) < 4.78 is 5.01. The van der Waals surface area contributed by atoms with Gasteiger partial charge in [0.05, 0.1) is 46.2 Å². The van der Waals surface area contributed by atoms with E-state index in [-0.39, 0.29) is 33.0 Å². The first-order chi connectivity index (χ1) is 19.2. The van der Waals surface area contributed by atoms with E-state index in [2.05, 4.69) is 55.5 Å². The van der Waals surface area contributed by atoms with Crippen molar-refractivity contribution in [1.82, 2.24) is 20.9 Å². The predicted octanol–water partition coefficient (Wildman–Crippen LogP) is -1.50. The molecule has 1 aliphatic heterocycles. The lowest BCUT2D eigenvalue weighted by Gasteiger charge is -2.13. The first kappa shape index (κ1) is 53.1. The van der Waals surface area contributed by atoms with Crippen LogP contribution in [0.4, 0.5) is 0 Å². The Morgan fingerprint density at radius 2 is 1.00 bits per heavy atom. The Hall–Kier alpha value is -0.520. The second-order valence-electron chi connectivity index (χ2n) is 9.94. The number of hydrogen-bond donors (Lipinski definition) is 11. The highest BCUT2D eigenvalue weighted by atomic mass is 16.5. The number of hydrogen-bond acceptors (Lipinski definition) is 13. The molecule has 0 saturated carbocycles. The summed E-state index contributed by atoms with van der Waals surface area (Å²) in [5.74, 6) is 0. The summed E-state index contributed by atoms with van der Waals surface area (Å²) in [6.45, 7) is 29.4. The fourth-order valence-corrected chi connectivity index (χ4v) is 1.72. The molecule has 1 rings (SSSR count). The van der Waals surface area contributed by atoms with E-state index in [0.29, 0.717) is 19.6 Å². The molecule has 258 valence electrons. The van der Waals surface area contributed by atoms with Crippen LogP contribution >= 0.6 is 0 Å². The van der Waals surface area contributed by atoms with E-state index in [0.717, 1.165) is 39.4 Å². The van der Waals surface area contributed by atoms with Crippen LogP contribution in [-0.4, -0.2) is 153 Å². The average molecular weight is 606 g/mol. The van der Waals surface area contributed by atoms with Gasteiger partial charge in [-0.05, 0) is 60.4 Å². The molecule has 0 bridgehead atoms. The van der Waals surface area contributed by atoms with Crippen LogP contribution in [0.5, 0.6) is 0 Å². The zero-order valence-corrected chi connectivity index (χ0v) is 28.3. The van der Waals surface area contributed by atoms with E-state index < -0.39 is 11.1 Å².